The summed E-state index contributed by atoms with van der Waals surface area (Å²) in [5.74, 6) is -1.72. The third kappa shape index (κ3) is 4.84. The Morgan fingerprint density at radius 2 is 1.85 bits per heavy atom. The number of carbonyl (C=O) groups is 2. The predicted molar refractivity (Wildman–Crippen MR) is 129 cm³/mol. The number of H-pyrrole nitrogens is 1. The molecule has 34 heavy (non-hydrogen) atoms. The second kappa shape index (κ2) is 9.97. The number of hydrogen-bond donors (Lipinski definition) is 3. The van der Waals surface area contributed by atoms with Crippen LogP contribution in [0.3, 0.4) is 0 Å². The van der Waals surface area contributed by atoms with Crippen molar-refractivity contribution < 1.29 is 19.4 Å². The smallest absolute Gasteiger partial charge is 0.331 e. The molecule has 1 amide bonds. The van der Waals surface area contributed by atoms with Crippen LogP contribution in [0, 0.1) is 0 Å². The molecule has 2 aromatic carbocycles. The zero-order valence-corrected chi connectivity index (χ0v) is 19.5. The Balaban J connectivity index is 1.81. The van der Waals surface area contributed by atoms with E-state index in [0.717, 1.165) is 5.39 Å². The number of benzene rings is 2. The number of nitrogens with zero attached hydrogens (tertiary/aromatic N) is 1. The Kier molecular flexibility index (Phi) is 7.02. The third-order valence-electron chi connectivity index (χ3n) is 6.44. The van der Waals surface area contributed by atoms with Gasteiger partial charge < -0.3 is 20.1 Å². The lowest BCUT2D eigenvalue weighted by Crippen LogP contribution is -2.68. The van der Waals surface area contributed by atoms with Crippen LogP contribution in [0.15, 0.2) is 59.4 Å². The maximum Gasteiger partial charge on any atom is 0.331 e. The predicted octanol–water partition coefficient (Wildman–Crippen LogP) is 2.70. The van der Waals surface area contributed by atoms with Crippen LogP contribution >= 0.6 is 11.6 Å². The fraction of sp³-hybridized carbons (Fsp3) is 0.320. The lowest BCUT2D eigenvalue weighted by molar-refractivity contribution is -0.148. The van der Waals surface area contributed by atoms with Crippen LogP contribution in [-0.2, 0) is 16.0 Å². The number of pyridine rings is 1. The summed E-state index contributed by atoms with van der Waals surface area (Å²) in [7, 11) is 0. The van der Waals surface area contributed by atoms with Gasteiger partial charge in [0.1, 0.15) is 0 Å². The van der Waals surface area contributed by atoms with Crippen molar-refractivity contribution in [3.8, 4) is 0 Å². The van der Waals surface area contributed by atoms with E-state index in [2.05, 4.69) is 10.3 Å². The number of carboxylic acid groups (broad SMARTS) is 1. The number of amides is 1. The summed E-state index contributed by atoms with van der Waals surface area (Å²) < 4.78 is 5.44. The van der Waals surface area contributed by atoms with Crippen LogP contribution in [-0.4, -0.2) is 64.8 Å². The van der Waals surface area contributed by atoms with Gasteiger partial charge in [0.15, 0.2) is 5.54 Å². The van der Waals surface area contributed by atoms with Crippen molar-refractivity contribution in [2.24, 2.45) is 0 Å². The normalized spacial score (nSPS) is 17.1. The van der Waals surface area contributed by atoms with Gasteiger partial charge in [-0.25, -0.2) is 4.79 Å². The van der Waals surface area contributed by atoms with Crippen LogP contribution in [0.1, 0.15) is 22.8 Å². The van der Waals surface area contributed by atoms with Crippen molar-refractivity contribution in [1.82, 2.24) is 15.2 Å². The molecule has 2 unspecified atom stereocenters. The zero-order chi connectivity index (χ0) is 24.3. The van der Waals surface area contributed by atoms with E-state index in [0.29, 0.717) is 48.0 Å². The summed E-state index contributed by atoms with van der Waals surface area (Å²) in [6.07, 6.45) is -0.0787. The first-order chi connectivity index (χ1) is 16.3. The molecule has 0 saturated carbocycles. The number of halogens is 1. The average Bonchev–Trinajstić information content (AvgIpc) is 2.83. The Bertz CT molecular complexity index is 1250. The van der Waals surface area contributed by atoms with Gasteiger partial charge in [-0.15, -0.1) is 0 Å². The number of aromatic amines is 1. The van der Waals surface area contributed by atoms with Gasteiger partial charge in [0, 0.05) is 53.1 Å². The molecule has 2 heterocycles. The number of fused-ring (bicyclic) bond motifs is 1. The van der Waals surface area contributed by atoms with E-state index >= 15 is 0 Å². The Morgan fingerprint density at radius 3 is 2.53 bits per heavy atom. The number of nitrogens with one attached hydrogen (secondary N) is 2. The maximum absolute atomic E-state index is 13.3. The number of carboxylic acids is 1. The number of aromatic nitrogens is 1. The van der Waals surface area contributed by atoms with Gasteiger partial charge in [-0.1, -0.05) is 29.8 Å². The first kappa shape index (κ1) is 23.9. The minimum Gasteiger partial charge on any atom is -0.479 e. The van der Waals surface area contributed by atoms with Gasteiger partial charge in [-0.05, 0) is 42.8 Å². The lowest BCUT2D eigenvalue weighted by atomic mass is 9.82. The number of hydrogen-bond acceptors (Lipinski definition) is 5. The first-order valence-electron chi connectivity index (χ1n) is 11.0. The highest BCUT2D eigenvalue weighted by atomic mass is 35.5. The van der Waals surface area contributed by atoms with Crippen LogP contribution in [0.5, 0.6) is 0 Å². The highest BCUT2D eigenvalue weighted by Gasteiger charge is 2.48. The SMILES string of the molecule is CC(N1CCOCC1)C(Cc1cc(=O)[nH]c2ccccc12)(NC(=O)c1ccc(Cl)cc1)C(=O)O. The number of rotatable bonds is 7. The van der Waals surface area contributed by atoms with Crippen LogP contribution in [0.4, 0.5) is 0 Å². The molecular formula is C25H26ClN3O5. The van der Waals surface area contributed by atoms with Crippen molar-refractivity contribution in [2.45, 2.75) is 24.9 Å². The van der Waals surface area contributed by atoms with Crippen molar-refractivity contribution >= 4 is 34.4 Å². The van der Waals surface area contributed by atoms with E-state index in [4.69, 9.17) is 16.3 Å². The summed E-state index contributed by atoms with van der Waals surface area (Å²) in [6.45, 7) is 3.79. The highest BCUT2D eigenvalue weighted by Crippen LogP contribution is 2.27. The molecule has 9 heteroatoms. The minimum atomic E-state index is -1.72. The van der Waals surface area contributed by atoms with Gasteiger partial charge in [0.05, 0.1) is 13.2 Å². The van der Waals surface area contributed by atoms with Crippen molar-refractivity contribution in [2.75, 3.05) is 26.3 Å². The minimum absolute atomic E-state index is 0.0787. The summed E-state index contributed by atoms with van der Waals surface area (Å²) in [4.78, 5) is 43.4. The van der Waals surface area contributed by atoms with Crippen LogP contribution in [0.25, 0.3) is 10.9 Å². The van der Waals surface area contributed by atoms with Crippen molar-refractivity contribution in [1.29, 1.82) is 0 Å². The van der Waals surface area contributed by atoms with E-state index in [1.807, 2.05) is 17.0 Å². The van der Waals surface area contributed by atoms with E-state index in [9.17, 15) is 19.5 Å². The molecule has 178 valence electrons. The molecule has 8 nitrogen and oxygen atoms in total. The molecule has 1 aliphatic heterocycles. The van der Waals surface area contributed by atoms with Gasteiger partial charge in [-0.2, -0.15) is 0 Å². The highest BCUT2D eigenvalue weighted by molar-refractivity contribution is 6.30. The summed E-state index contributed by atoms with van der Waals surface area (Å²) >= 11 is 5.95. The molecule has 3 N–H and O–H groups in total. The number of aliphatic carboxylic acids is 1. The Morgan fingerprint density at radius 1 is 1.18 bits per heavy atom. The van der Waals surface area contributed by atoms with Gasteiger partial charge in [-0.3, -0.25) is 14.5 Å². The van der Waals surface area contributed by atoms with Gasteiger partial charge >= 0.3 is 5.97 Å². The number of carbonyl (C=O) groups excluding carboxylic acids is 1. The molecule has 1 aromatic heterocycles. The van der Waals surface area contributed by atoms with E-state index in [-0.39, 0.29) is 12.0 Å². The Labute approximate surface area is 201 Å². The molecule has 0 radical (unpaired) electrons. The molecule has 1 fully saturated rings. The lowest BCUT2D eigenvalue weighted by Gasteiger charge is -2.43. The third-order valence-corrected chi connectivity index (χ3v) is 6.69. The summed E-state index contributed by atoms with van der Waals surface area (Å²) in [6, 6.07) is 14.3. The molecule has 3 aromatic rings. The largest absolute Gasteiger partial charge is 0.479 e. The average molecular weight is 484 g/mol. The number of ether oxygens (including phenoxy) is 1. The molecule has 1 aliphatic rings. The van der Waals surface area contributed by atoms with Crippen molar-refractivity contribution in [3.05, 3.63) is 81.1 Å². The van der Waals surface area contributed by atoms with Crippen molar-refractivity contribution in [3.63, 3.8) is 0 Å². The van der Waals surface area contributed by atoms with E-state index < -0.39 is 23.5 Å². The molecule has 2 atom stereocenters. The van der Waals surface area contributed by atoms with E-state index in [1.54, 1.807) is 43.3 Å². The molecule has 4 rings (SSSR count). The Hall–Kier alpha value is -3.20. The standard InChI is InChI=1S/C25H26ClN3O5/c1-16(29-10-12-34-13-11-29)25(24(32)33,28-23(31)17-6-8-19(26)9-7-17)15-18-14-22(30)27-21-5-3-2-4-20(18)21/h2-9,14,16H,10-13,15H2,1H3,(H,27,30)(H,28,31)(H,32,33). The monoisotopic (exact) mass is 483 g/mol. The van der Waals surface area contributed by atoms with Gasteiger partial charge in [0.2, 0.25) is 5.56 Å². The molecule has 0 bridgehead atoms. The molecule has 1 saturated heterocycles. The quantitative estimate of drug-likeness (QED) is 0.476. The van der Waals surface area contributed by atoms with Gasteiger partial charge in [0.25, 0.3) is 5.91 Å². The summed E-state index contributed by atoms with van der Waals surface area (Å²) in [5.41, 5.74) is -0.619. The van der Waals surface area contributed by atoms with Crippen LogP contribution < -0.4 is 10.9 Å². The second-order valence-corrected chi connectivity index (χ2v) is 8.88. The first-order valence-corrected chi connectivity index (χ1v) is 11.4. The van der Waals surface area contributed by atoms with Crippen LogP contribution in [0.2, 0.25) is 5.02 Å². The topological polar surface area (TPSA) is 112 Å². The fourth-order valence-electron chi connectivity index (χ4n) is 4.48. The van der Waals surface area contributed by atoms with E-state index in [1.165, 1.54) is 6.07 Å². The fourth-order valence-corrected chi connectivity index (χ4v) is 4.61. The molecular weight excluding hydrogens is 458 g/mol. The number of morpholine rings is 1. The molecule has 0 spiro atoms. The second-order valence-electron chi connectivity index (χ2n) is 8.44. The number of para-hydroxylation sites is 1. The maximum atomic E-state index is 13.3. The summed E-state index contributed by atoms with van der Waals surface area (Å²) in [5, 5.41) is 14.6. The zero-order valence-electron chi connectivity index (χ0n) is 18.7. The molecule has 0 aliphatic carbocycles.